The van der Waals surface area contributed by atoms with Gasteiger partial charge in [0.1, 0.15) is 0 Å². The molecule has 0 saturated carbocycles. The fourth-order valence-corrected chi connectivity index (χ4v) is 3.28. The first-order chi connectivity index (χ1) is 8.79. The third kappa shape index (κ3) is 3.87. The lowest BCUT2D eigenvalue weighted by Gasteiger charge is -2.12. The minimum atomic E-state index is 0.146. The number of hydrogen-bond acceptors (Lipinski definition) is 3. The van der Waals surface area contributed by atoms with Crippen molar-refractivity contribution in [2.45, 2.75) is 30.7 Å². The molecular formula is C15H19NS2. The van der Waals surface area contributed by atoms with Gasteiger partial charge in [0, 0.05) is 15.8 Å². The highest BCUT2D eigenvalue weighted by Gasteiger charge is 2.06. The second kappa shape index (κ2) is 6.98. The van der Waals surface area contributed by atoms with Crippen molar-refractivity contribution in [3.8, 4) is 0 Å². The van der Waals surface area contributed by atoms with Crippen molar-refractivity contribution in [2.24, 2.45) is 5.73 Å². The third-order valence-corrected chi connectivity index (χ3v) is 4.73. The molecule has 0 amide bonds. The number of benzene rings is 1. The molecule has 2 N–H and O–H groups in total. The van der Waals surface area contributed by atoms with Crippen LogP contribution in [-0.2, 0) is 6.42 Å². The SMILES string of the molecule is CCSc1ccc(C(N)CCc2cccs2)cc1. The number of hydrogen-bond donors (Lipinski definition) is 1. The van der Waals surface area contributed by atoms with Gasteiger partial charge in [0.2, 0.25) is 0 Å². The third-order valence-electron chi connectivity index (χ3n) is 2.90. The highest BCUT2D eigenvalue weighted by atomic mass is 32.2. The van der Waals surface area contributed by atoms with Crippen molar-refractivity contribution < 1.29 is 0 Å². The minimum Gasteiger partial charge on any atom is -0.324 e. The smallest absolute Gasteiger partial charge is 0.0298 e. The maximum atomic E-state index is 6.23. The molecule has 0 saturated heterocycles. The standard InChI is InChI=1S/C15H19NS2/c1-2-17-14-7-5-12(6-8-14)15(16)10-9-13-4-3-11-18-13/h3-8,11,15H,2,9-10,16H2,1H3. The van der Waals surface area contributed by atoms with Gasteiger partial charge < -0.3 is 5.73 Å². The van der Waals surface area contributed by atoms with Crippen LogP contribution < -0.4 is 5.73 Å². The number of aryl methyl sites for hydroxylation is 1. The monoisotopic (exact) mass is 277 g/mol. The predicted octanol–water partition coefficient (Wildman–Crippen LogP) is 4.49. The Hall–Kier alpha value is -0.770. The average molecular weight is 277 g/mol. The van der Waals surface area contributed by atoms with Crippen LogP contribution in [0.3, 0.4) is 0 Å². The summed E-state index contributed by atoms with van der Waals surface area (Å²) in [6.45, 7) is 2.17. The zero-order valence-corrected chi connectivity index (χ0v) is 12.3. The number of rotatable bonds is 6. The van der Waals surface area contributed by atoms with E-state index < -0.39 is 0 Å². The van der Waals surface area contributed by atoms with Gasteiger partial charge in [-0.05, 0) is 47.7 Å². The molecule has 18 heavy (non-hydrogen) atoms. The molecule has 0 aliphatic heterocycles. The number of nitrogens with two attached hydrogens (primary N) is 1. The summed E-state index contributed by atoms with van der Waals surface area (Å²) in [4.78, 5) is 2.75. The molecule has 0 aliphatic rings. The van der Waals surface area contributed by atoms with Crippen LogP contribution >= 0.6 is 23.1 Å². The molecule has 2 rings (SSSR count). The van der Waals surface area contributed by atoms with Gasteiger partial charge in [-0.15, -0.1) is 23.1 Å². The van der Waals surface area contributed by atoms with Gasteiger partial charge in [0.25, 0.3) is 0 Å². The summed E-state index contributed by atoms with van der Waals surface area (Å²) < 4.78 is 0. The quantitative estimate of drug-likeness (QED) is 0.787. The number of thioether (sulfide) groups is 1. The lowest BCUT2D eigenvalue weighted by Crippen LogP contribution is -2.10. The average Bonchev–Trinajstić information content (AvgIpc) is 2.90. The van der Waals surface area contributed by atoms with Crippen molar-refractivity contribution in [3.63, 3.8) is 0 Å². The van der Waals surface area contributed by atoms with Crippen LogP contribution in [0.5, 0.6) is 0 Å². The maximum absolute atomic E-state index is 6.23. The Balaban J connectivity index is 1.89. The van der Waals surface area contributed by atoms with Crippen LogP contribution in [0.15, 0.2) is 46.7 Å². The summed E-state index contributed by atoms with van der Waals surface area (Å²) in [6.07, 6.45) is 2.09. The zero-order valence-electron chi connectivity index (χ0n) is 10.6. The largest absolute Gasteiger partial charge is 0.324 e. The van der Waals surface area contributed by atoms with E-state index in [1.54, 1.807) is 0 Å². The lowest BCUT2D eigenvalue weighted by atomic mass is 10.0. The van der Waals surface area contributed by atoms with E-state index in [4.69, 9.17) is 5.73 Å². The highest BCUT2D eigenvalue weighted by molar-refractivity contribution is 7.99. The van der Waals surface area contributed by atoms with Gasteiger partial charge in [-0.25, -0.2) is 0 Å². The van der Waals surface area contributed by atoms with Gasteiger partial charge in [0.05, 0.1) is 0 Å². The molecule has 1 nitrogen and oxygen atoms in total. The molecule has 1 atom stereocenters. The van der Waals surface area contributed by atoms with Crippen molar-refractivity contribution in [3.05, 3.63) is 52.2 Å². The summed E-state index contributed by atoms with van der Waals surface area (Å²) in [5.41, 5.74) is 7.48. The van der Waals surface area contributed by atoms with Crippen molar-refractivity contribution in [1.29, 1.82) is 0 Å². The summed E-state index contributed by atoms with van der Waals surface area (Å²) in [5.74, 6) is 1.11. The van der Waals surface area contributed by atoms with E-state index in [0.717, 1.165) is 18.6 Å². The van der Waals surface area contributed by atoms with Crippen molar-refractivity contribution in [1.82, 2.24) is 0 Å². The predicted molar refractivity (Wildman–Crippen MR) is 82.4 cm³/mol. The van der Waals surface area contributed by atoms with Crippen LogP contribution in [0, 0.1) is 0 Å². The van der Waals surface area contributed by atoms with Gasteiger partial charge >= 0.3 is 0 Å². The molecule has 0 radical (unpaired) electrons. The summed E-state index contributed by atoms with van der Waals surface area (Å²) in [6, 6.07) is 13.1. The second-order valence-electron chi connectivity index (χ2n) is 4.23. The van der Waals surface area contributed by atoms with Crippen LogP contribution in [0.1, 0.15) is 29.8 Å². The van der Waals surface area contributed by atoms with Crippen LogP contribution in [0.2, 0.25) is 0 Å². The first-order valence-corrected chi connectivity index (χ1v) is 8.17. The van der Waals surface area contributed by atoms with Gasteiger partial charge in [-0.3, -0.25) is 0 Å². The van der Waals surface area contributed by atoms with E-state index in [2.05, 4.69) is 48.7 Å². The normalized spacial score (nSPS) is 12.6. The summed E-state index contributed by atoms with van der Waals surface area (Å²) >= 11 is 3.68. The van der Waals surface area contributed by atoms with E-state index in [0.29, 0.717) is 0 Å². The Kier molecular flexibility index (Phi) is 5.29. The van der Waals surface area contributed by atoms with Gasteiger partial charge in [0.15, 0.2) is 0 Å². The Labute approximate surface area is 117 Å². The van der Waals surface area contributed by atoms with E-state index >= 15 is 0 Å². The molecule has 0 bridgehead atoms. The molecule has 1 aromatic carbocycles. The molecule has 0 fully saturated rings. The molecule has 0 aliphatic carbocycles. The Morgan fingerprint density at radius 1 is 1.22 bits per heavy atom. The first kappa shape index (κ1) is 13.7. The highest BCUT2D eigenvalue weighted by Crippen LogP contribution is 2.23. The van der Waals surface area contributed by atoms with E-state index in [9.17, 15) is 0 Å². The summed E-state index contributed by atoms with van der Waals surface area (Å²) in [7, 11) is 0. The molecule has 1 aromatic heterocycles. The van der Waals surface area contributed by atoms with E-state index in [-0.39, 0.29) is 6.04 Å². The molecular weight excluding hydrogens is 258 g/mol. The van der Waals surface area contributed by atoms with Crippen molar-refractivity contribution >= 4 is 23.1 Å². The first-order valence-electron chi connectivity index (χ1n) is 6.30. The molecule has 2 aromatic rings. The van der Waals surface area contributed by atoms with Gasteiger partial charge in [-0.1, -0.05) is 25.1 Å². The molecule has 96 valence electrons. The van der Waals surface area contributed by atoms with Crippen LogP contribution in [0.4, 0.5) is 0 Å². The molecule has 1 unspecified atom stereocenters. The van der Waals surface area contributed by atoms with Gasteiger partial charge in [-0.2, -0.15) is 0 Å². The second-order valence-corrected chi connectivity index (χ2v) is 6.60. The zero-order chi connectivity index (χ0) is 12.8. The van der Waals surface area contributed by atoms with Crippen molar-refractivity contribution in [2.75, 3.05) is 5.75 Å². The topological polar surface area (TPSA) is 26.0 Å². The molecule has 0 spiro atoms. The van der Waals surface area contributed by atoms with Crippen LogP contribution in [0.25, 0.3) is 0 Å². The Morgan fingerprint density at radius 2 is 2.00 bits per heavy atom. The van der Waals surface area contributed by atoms with E-state index in [1.807, 2.05) is 23.1 Å². The lowest BCUT2D eigenvalue weighted by molar-refractivity contribution is 0.655. The minimum absolute atomic E-state index is 0.146. The number of thiophene rings is 1. The fourth-order valence-electron chi connectivity index (χ4n) is 1.90. The molecule has 3 heteroatoms. The van der Waals surface area contributed by atoms with E-state index in [1.165, 1.54) is 15.3 Å². The molecule has 1 heterocycles. The summed E-state index contributed by atoms with van der Waals surface area (Å²) in [5, 5.41) is 2.12. The Bertz CT molecular complexity index is 448. The maximum Gasteiger partial charge on any atom is 0.0298 e. The Morgan fingerprint density at radius 3 is 2.61 bits per heavy atom. The van der Waals surface area contributed by atoms with Crippen LogP contribution in [-0.4, -0.2) is 5.75 Å². The fraction of sp³-hybridized carbons (Fsp3) is 0.333.